The molecule has 1 aromatic rings. The summed E-state index contributed by atoms with van der Waals surface area (Å²) in [4.78, 5) is 32.8. The van der Waals surface area contributed by atoms with Gasteiger partial charge in [0.2, 0.25) is 5.76 Å². The highest BCUT2D eigenvalue weighted by molar-refractivity contribution is 7.80. The van der Waals surface area contributed by atoms with Gasteiger partial charge in [0.15, 0.2) is 5.09 Å². The van der Waals surface area contributed by atoms with E-state index in [9.17, 15) is 14.4 Å². The predicted molar refractivity (Wildman–Crippen MR) is 51.5 cm³/mol. The fourth-order valence-electron chi connectivity index (χ4n) is 1.06. The van der Waals surface area contributed by atoms with Crippen molar-refractivity contribution in [2.45, 2.75) is 5.09 Å². The third-order valence-electron chi connectivity index (χ3n) is 1.61. The van der Waals surface area contributed by atoms with Gasteiger partial charge in [0.25, 0.3) is 17.7 Å². The number of carbonyl (C=O) groups is 3. The highest BCUT2D eigenvalue weighted by Crippen LogP contribution is 2.24. The zero-order valence-electron chi connectivity index (χ0n) is 7.31. The van der Waals surface area contributed by atoms with Crippen molar-refractivity contribution in [1.82, 2.24) is 0 Å². The van der Waals surface area contributed by atoms with Crippen LogP contribution in [-0.4, -0.2) is 17.7 Å². The number of rotatable bonds is 3. The Morgan fingerprint density at radius 3 is 1.73 bits per heavy atom. The van der Waals surface area contributed by atoms with E-state index in [4.69, 9.17) is 21.6 Å². The van der Waals surface area contributed by atoms with E-state index in [0.29, 0.717) is 0 Å². The van der Waals surface area contributed by atoms with Gasteiger partial charge in [0.05, 0.1) is 0 Å². The standard InChI is InChI=1S/C7H7N3O4S/c8-4(11)1-2(5(9)12)7(15)14-3(1)6(10)13/h15H,(H2,8,11)(H2,9,12)(H2,10,13). The Kier molecular flexibility index (Phi) is 2.71. The molecule has 0 fully saturated rings. The van der Waals surface area contributed by atoms with Crippen molar-refractivity contribution in [3.8, 4) is 0 Å². The van der Waals surface area contributed by atoms with E-state index in [1.165, 1.54) is 0 Å². The molecule has 6 N–H and O–H groups in total. The van der Waals surface area contributed by atoms with Crippen molar-refractivity contribution in [3.63, 3.8) is 0 Å². The van der Waals surface area contributed by atoms with E-state index in [1.54, 1.807) is 0 Å². The van der Waals surface area contributed by atoms with Crippen LogP contribution in [0.5, 0.6) is 0 Å². The van der Waals surface area contributed by atoms with Crippen LogP contribution in [0.4, 0.5) is 0 Å². The SMILES string of the molecule is NC(=O)c1oc(S)c(C(N)=O)c1C(N)=O. The molecule has 0 aliphatic rings. The van der Waals surface area contributed by atoms with Crippen LogP contribution in [0.1, 0.15) is 31.3 Å². The average molecular weight is 229 g/mol. The zero-order valence-corrected chi connectivity index (χ0v) is 8.21. The Morgan fingerprint density at radius 1 is 0.933 bits per heavy atom. The van der Waals surface area contributed by atoms with Crippen LogP contribution in [0.3, 0.4) is 0 Å². The second-order valence-corrected chi connectivity index (χ2v) is 2.99. The molecule has 0 unspecified atom stereocenters. The van der Waals surface area contributed by atoms with Crippen LogP contribution >= 0.6 is 12.6 Å². The second kappa shape index (κ2) is 3.65. The Bertz CT molecular complexity index is 465. The van der Waals surface area contributed by atoms with Crippen LogP contribution in [-0.2, 0) is 0 Å². The maximum Gasteiger partial charge on any atom is 0.285 e. The fraction of sp³-hybridized carbons (Fsp3) is 0. The highest BCUT2D eigenvalue weighted by atomic mass is 32.1. The van der Waals surface area contributed by atoms with Crippen molar-refractivity contribution in [1.29, 1.82) is 0 Å². The van der Waals surface area contributed by atoms with Gasteiger partial charge in [-0.15, -0.1) is 12.6 Å². The van der Waals surface area contributed by atoms with Crippen molar-refractivity contribution in [3.05, 3.63) is 16.9 Å². The third-order valence-corrected chi connectivity index (χ3v) is 1.92. The first kappa shape index (κ1) is 11.1. The van der Waals surface area contributed by atoms with E-state index in [0.717, 1.165) is 0 Å². The summed E-state index contributed by atoms with van der Waals surface area (Å²) in [5.74, 6) is -3.58. The predicted octanol–water partition coefficient (Wildman–Crippen LogP) is -1.14. The van der Waals surface area contributed by atoms with Gasteiger partial charge >= 0.3 is 0 Å². The molecular formula is C7H7N3O4S. The molecule has 1 rings (SSSR count). The van der Waals surface area contributed by atoms with Crippen molar-refractivity contribution in [2.75, 3.05) is 0 Å². The number of hydrogen-bond acceptors (Lipinski definition) is 5. The molecule has 1 aromatic heterocycles. The Balaban J connectivity index is 3.59. The molecule has 0 aliphatic carbocycles. The number of nitrogens with two attached hydrogens (primary N) is 3. The molecule has 0 aliphatic heterocycles. The lowest BCUT2D eigenvalue weighted by Gasteiger charge is -1.95. The van der Waals surface area contributed by atoms with Gasteiger partial charge in [-0.3, -0.25) is 14.4 Å². The van der Waals surface area contributed by atoms with Gasteiger partial charge in [-0.05, 0) is 0 Å². The zero-order chi connectivity index (χ0) is 11.7. The summed E-state index contributed by atoms with van der Waals surface area (Å²) in [6.07, 6.45) is 0. The Hall–Kier alpha value is -1.96. The van der Waals surface area contributed by atoms with E-state index < -0.39 is 29.0 Å². The average Bonchev–Trinajstić information content (AvgIpc) is 2.42. The van der Waals surface area contributed by atoms with Gasteiger partial charge in [-0.25, -0.2) is 0 Å². The molecule has 0 saturated carbocycles. The van der Waals surface area contributed by atoms with E-state index in [2.05, 4.69) is 12.6 Å². The summed E-state index contributed by atoms with van der Waals surface area (Å²) >= 11 is 3.73. The monoisotopic (exact) mass is 229 g/mol. The highest BCUT2D eigenvalue weighted by Gasteiger charge is 2.28. The normalized spacial score (nSPS) is 9.93. The largest absolute Gasteiger partial charge is 0.443 e. The summed E-state index contributed by atoms with van der Waals surface area (Å²) in [6.45, 7) is 0. The smallest absolute Gasteiger partial charge is 0.285 e. The first-order chi connectivity index (χ1) is 6.86. The number of thiol groups is 1. The minimum atomic E-state index is -1.04. The Morgan fingerprint density at radius 2 is 1.40 bits per heavy atom. The number of hydrogen-bond donors (Lipinski definition) is 4. The molecule has 0 spiro atoms. The molecule has 0 bridgehead atoms. The molecule has 1 heterocycles. The molecule has 0 aromatic carbocycles. The van der Waals surface area contributed by atoms with E-state index >= 15 is 0 Å². The molecular weight excluding hydrogens is 222 g/mol. The second-order valence-electron chi connectivity index (χ2n) is 2.58. The number of primary amides is 3. The summed E-state index contributed by atoms with van der Waals surface area (Å²) in [6, 6.07) is 0. The van der Waals surface area contributed by atoms with Crippen LogP contribution in [0.25, 0.3) is 0 Å². The molecule has 8 heteroatoms. The third kappa shape index (κ3) is 1.79. The molecule has 0 radical (unpaired) electrons. The summed E-state index contributed by atoms with van der Waals surface area (Å²) < 4.78 is 4.72. The van der Waals surface area contributed by atoms with Gasteiger partial charge in [0, 0.05) is 0 Å². The number of carbonyl (C=O) groups excluding carboxylic acids is 3. The van der Waals surface area contributed by atoms with Crippen molar-refractivity contribution < 1.29 is 18.8 Å². The first-order valence-electron chi connectivity index (χ1n) is 3.61. The topological polar surface area (TPSA) is 142 Å². The first-order valence-corrected chi connectivity index (χ1v) is 4.06. The van der Waals surface area contributed by atoms with Gasteiger partial charge in [-0.2, -0.15) is 0 Å². The number of furan rings is 1. The van der Waals surface area contributed by atoms with Crippen LogP contribution in [0.2, 0.25) is 0 Å². The van der Waals surface area contributed by atoms with Crippen molar-refractivity contribution >= 4 is 30.4 Å². The molecule has 3 amide bonds. The molecule has 15 heavy (non-hydrogen) atoms. The minimum absolute atomic E-state index is 0.273. The molecule has 0 atom stereocenters. The molecule has 80 valence electrons. The maximum atomic E-state index is 11.0. The maximum absolute atomic E-state index is 11.0. The lowest BCUT2D eigenvalue weighted by Crippen LogP contribution is -2.23. The van der Waals surface area contributed by atoms with Gasteiger partial charge < -0.3 is 21.6 Å². The summed E-state index contributed by atoms with van der Waals surface area (Å²) in [5, 5.41) is -0.273. The van der Waals surface area contributed by atoms with Crippen LogP contribution in [0.15, 0.2) is 9.51 Å². The lowest BCUT2D eigenvalue weighted by molar-refractivity contribution is 0.0943. The minimum Gasteiger partial charge on any atom is -0.443 e. The lowest BCUT2D eigenvalue weighted by atomic mass is 10.1. The van der Waals surface area contributed by atoms with E-state index in [1.807, 2.05) is 0 Å². The van der Waals surface area contributed by atoms with Gasteiger partial charge in [-0.1, -0.05) is 0 Å². The Labute approximate surface area is 89.0 Å². The van der Waals surface area contributed by atoms with Crippen LogP contribution < -0.4 is 17.2 Å². The summed E-state index contributed by atoms with van der Waals surface area (Å²) in [7, 11) is 0. The van der Waals surface area contributed by atoms with Crippen molar-refractivity contribution in [2.24, 2.45) is 17.2 Å². The quantitative estimate of drug-likeness (QED) is 0.486. The fourth-order valence-corrected chi connectivity index (χ4v) is 1.37. The number of amides is 3. The molecule has 0 saturated heterocycles. The van der Waals surface area contributed by atoms with Crippen LogP contribution in [0, 0.1) is 0 Å². The summed E-state index contributed by atoms with van der Waals surface area (Å²) in [5.41, 5.74) is 14.0. The van der Waals surface area contributed by atoms with E-state index in [-0.39, 0.29) is 10.7 Å². The molecule has 7 nitrogen and oxygen atoms in total. The van der Waals surface area contributed by atoms with Gasteiger partial charge in [0.1, 0.15) is 11.1 Å².